The Labute approximate surface area is 133 Å². The van der Waals surface area contributed by atoms with Gasteiger partial charge in [-0.2, -0.15) is 0 Å². The van der Waals surface area contributed by atoms with E-state index in [1.807, 2.05) is 19.0 Å². The number of esters is 1. The molecule has 2 rings (SSSR count). The number of hydrogen-bond acceptors (Lipinski definition) is 5. The van der Waals surface area contributed by atoms with E-state index in [1.165, 1.54) is 6.26 Å². The van der Waals surface area contributed by atoms with E-state index in [2.05, 4.69) is 0 Å². The number of hydrogen-bond donors (Lipinski definition) is 1. The van der Waals surface area contributed by atoms with Crippen molar-refractivity contribution in [3.63, 3.8) is 0 Å². The number of halogens is 2. The van der Waals surface area contributed by atoms with E-state index in [9.17, 15) is 9.90 Å². The molecular formula is C14H17Cl2NO4. The van der Waals surface area contributed by atoms with E-state index >= 15 is 0 Å². The summed E-state index contributed by atoms with van der Waals surface area (Å²) in [6, 6.07) is 1.54. The van der Waals surface area contributed by atoms with Crippen LogP contribution in [0, 0.1) is 0 Å². The second-order valence-corrected chi connectivity index (χ2v) is 5.06. The average Bonchev–Trinajstić information content (AvgIpc) is 2.80. The zero-order chi connectivity index (χ0) is 14.9. The minimum atomic E-state index is -0.519. The number of phenols is 1. The van der Waals surface area contributed by atoms with E-state index in [0.29, 0.717) is 17.5 Å². The molecule has 1 N–H and O–H groups in total. The number of ether oxygens (including phenoxy) is 1. The summed E-state index contributed by atoms with van der Waals surface area (Å²) in [4.78, 5) is 13.8. The highest BCUT2D eigenvalue weighted by Gasteiger charge is 2.22. The normalized spacial score (nSPS) is 10.7. The van der Waals surface area contributed by atoms with Gasteiger partial charge in [0.1, 0.15) is 23.2 Å². The van der Waals surface area contributed by atoms with Crippen LogP contribution in [-0.4, -0.2) is 36.7 Å². The van der Waals surface area contributed by atoms with Gasteiger partial charge >= 0.3 is 5.97 Å². The van der Waals surface area contributed by atoms with E-state index < -0.39 is 5.97 Å². The maximum atomic E-state index is 11.9. The number of carbonyl (C=O) groups is 1. The Morgan fingerprint density at radius 1 is 1.48 bits per heavy atom. The highest BCUT2D eigenvalue weighted by Crippen LogP contribution is 2.38. The Kier molecular flexibility index (Phi) is 5.89. The molecular weight excluding hydrogens is 317 g/mol. The Morgan fingerprint density at radius 2 is 2.14 bits per heavy atom. The number of aromatic hydroxyl groups is 1. The van der Waals surface area contributed by atoms with Crippen molar-refractivity contribution in [2.45, 2.75) is 13.5 Å². The Hall–Kier alpha value is -1.43. The van der Waals surface area contributed by atoms with Crippen LogP contribution >= 0.6 is 24.0 Å². The number of furan rings is 1. The molecule has 5 nitrogen and oxygen atoms in total. The molecule has 0 aliphatic rings. The lowest BCUT2D eigenvalue weighted by Crippen LogP contribution is -2.11. The molecule has 2 aromatic rings. The molecule has 0 atom stereocenters. The number of carbonyl (C=O) groups excluding carboxylic acids is 1. The van der Waals surface area contributed by atoms with Crippen molar-refractivity contribution in [2.24, 2.45) is 0 Å². The molecule has 0 saturated carbocycles. The maximum Gasteiger partial charge on any atom is 0.342 e. The summed E-state index contributed by atoms with van der Waals surface area (Å²) in [6.45, 7) is 2.53. The molecule has 7 heteroatoms. The van der Waals surface area contributed by atoms with Gasteiger partial charge in [-0.1, -0.05) is 11.6 Å². The van der Waals surface area contributed by atoms with Gasteiger partial charge in [0.15, 0.2) is 0 Å². The SMILES string of the molecule is CCOC(=O)c1coc2c(CN(C)C)cc(O)c(Cl)c12.Cl. The topological polar surface area (TPSA) is 62.9 Å². The van der Waals surface area contributed by atoms with E-state index in [-0.39, 0.29) is 35.3 Å². The maximum absolute atomic E-state index is 11.9. The zero-order valence-corrected chi connectivity index (χ0v) is 13.5. The summed E-state index contributed by atoms with van der Waals surface area (Å²) in [7, 11) is 3.79. The zero-order valence-electron chi connectivity index (χ0n) is 12.0. The van der Waals surface area contributed by atoms with Crippen molar-refractivity contribution >= 4 is 40.9 Å². The van der Waals surface area contributed by atoms with Crippen molar-refractivity contribution in [2.75, 3.05) is 20.7 Å². The first-order valence-electron chi connectivity index (χ1n) is 6.19. The van der Waals surface area contributed by atoms with Gasteiger partial charge in [-0.3, -0.25) is 0 Å². The quantitative estimate of drug-likeness (QED) is 0.868. The summed E-state index contributed by atoms with van der Waals surface area (Å²) in [5, 5.41) is 10.4. The first-order valence-corrected chi connectivity index (χ1v) is 6.56. The van der Waals surface area contributed by atoms with Crippen LogP contribution in [0.4, 0.5) is 0 Å². The van der Waals surface area contributed by atoms with Gasteiger partial charge in [-0.05, 0) is 27.1 Å². The predicted octanol–water partition coefficient (Wildman–Crippen LogP) is 3.45. The van der Waals surface area contributed by atoms with Crippen LogP contribution in [0.15, 0.2) is 16.7 Å². The van der Waals surface area contributed by atoms with Crippen LogP contribution < -0.4 is 0 Å². The number of phenolic OH excluding ortho intramolecular Hbond substituents is 1. The Bertz CT molecular complexity index is 652. The average molecular weight is 334 g/mol. The fourth-order valence-electron chi connectivity index (χ4n) is 2.05. The van der Waals surface area contributed by atoms with Crippen LogP contribution in [0.1, 0.15) is 22.8 Å². The van der Waals surface area contributed by atoms with E-state index in [4.69, 9.17) is 20.8 Å². The second-order valence-electron chi connectivity index (χ2n) is 4.68. The fraction of sp³-hybridized carbons (Fsp3) is 0.357. The second kappa shape index (κ2) is 7.02. The number of benzene rings is 1. The lowest BCUT2D eigenvalue weighted by molar-refractivity contribution is 0.0527. The molecule has 0 amide bonds. The Morgan fingerprint density at radius 3 is 2.71 bits per heavy atom. The number of fused-ring (bicyclic) bond motifs is 1. The standard InChI is InChI=1S/C14H16ClNO4.ClH/c1-4-19-14(18)9-7-20-13-8(6-16(2)3)5-10(17)12(15)11(9)13;/h5,7,17H,4,6H2,1-3H3;1H. The molecule has 1 heterocycles. The third-order valence-corrected chi connectivity index (χ3v) is 3.20. The summed E-state index contributed by atoms with van der Waals surface area (Å²) in [6.07, 6.45) is 1.31. The molecule has 0 saturated heterocycles. The first kappa shape index (κ1) is 17.6. The van der Waals surface area contributed by atoms with Crippen LogP contribution in [0.25, 0.3) is 11.0 Å². The first-order chi connectivity index (χ1) is 9.45. The lowest BCUT2D eigenvalue weighted by Gasteiger charge is -2.11. The highest BCUT2D eigenvalue weighted by molar-refractivity contribution is 6.38. The summed E-state index contributed by atoms with van der Waals surface area (Å²) in [5.74, 6) is -0.600. The van der Waals surface area contributed by atoms with Gasteiger partial charge < -0.3 is 19.2 Å². The summed E-state index contributed by atoms with van der Waals surface area (Å²) < 4.78 is 10.4. The molecule has 0 fully saturated rings. The molecule has 0 bridgehead atoms. The smallest absolute Gasteiger partial charge is 0.342 e. The van der Waals surface area contributed by atoms with Crippen LogP contribution in [-0.2, 0) is 11.3 Å². The van der Waals surface area contributed by atoms with Gasteiger partial charge in [0.2, 0.25) is 0 Å². The molecule has 1 aromatic carbocycles. The van der Waals surface area contributed by atoms with Gasteiger partial charge in [-0.15, -0.1) is 12.4 Å². The number of nitrogens with zero attached hydrogens (tertiary/aromatic N) is 1. The predicted molar refractivity (Wildman–Crippen MR) is 83.5 cm³/mol. The third kappa shape index (κ3) is 3.43. The molecule has 21 heavy (non-hydrogen) atoms. The largest absolute Gasteiger partial charge is 0.506 e. The van der Waals surface area contributed by atoms with Gasteiger partial charge in [0, 0.05) is 12.1 Å². The highest BCUT2D eigenvalue weighted by atomic mass is 35.5. The van der Waals surface area contributed by atoms with Crippen molar-refractivity contribution < 1.29 is 19.1 Å². The molecule has 0 aliphatic heterocycles. The van der Waals surface area contributed by atoms with Crippen LogP contribution in [0.2, 0.25) is 5.02 Å². The fourth-order valence-corrected chi connectivity index (χ4v) is 2.29. The monoisotopic (exact) mass is 333 g/mol. The molecule has 0 radical (unpaired) electrons. The van der Waals surface area contributed by atoms with Crippen LogP contribution in [0.5, 0.6) is 5.75 Å². The van der Waals surface area contributed by atoms with Crippen molar-refractivity contribution in [1.82, 2.24) is 4.90 Å². The molecule has 0 unspecified atom stereocenters. The molecule has 0 spiro atoms. The van der Waals surface area contributed by atoms with Gasteiger partial charge in [-0.25, -0.2) is 4.79 Å². The number of rotatable bonds is 4. The van der Waals surface area contributed by atoms with Crippen molar-refractivity contribution in [1.29, 1.82) is 0 Å². The minimum Gasteiger partial charge on any atom is -0.506 e. The Balaban J connectivity index is 0.00000220. The van der Waals surface area contributed by atoms with Crippen molar-refractivity contribution in [3.05, 3.63) is 28.5 Å². The lowest BCUT2D eigenvalue weighted by atomic mass is 10.1. The van der Waals surface area contributed by atoms with Gasteiger partial charge in [0.05, 0.1) is 17.0 Å². The van der Waals surface area contributed by atoms with Crippen molar-refractivity contribution in [3.8, 4) is 5.75 Å². The molecule has 1 aromatic heterocycles. The van der Waals surface area contributed by atoms with E-state index in [1.54, 1.807) is 13.0 Å². The molecule has 116 valence electrons. The van der Waals surface area contributed by atoms with Crippen LogP contribution in [0.3, 0.4) is 0 Å². The third-order valence-electron chi connectivity index (χ3n) is 2.82. The summed E-state index contributed by atoms with van der Waals surface area (Å²) in [5.41, 5.74) is 1.47. The summed E-state index contributed by atoms with van der Waals surface area (Å²) >= 11 is 6.09. The van der Waals surface area contributed by atoms with Gasteiger partial charge in [0.25, 0.3) is 0 Å². The van der Waals surface area contributed by atoms with E-state index in [0.717, 1.165) is 5.56 Å². The molecule has 0 aliphatic carbocycles. The minimum absolute atomic E-state index is 0.